The molecule has 3 nitrogen and oxygen atoms in total. The Bertz CT molecular complexity index is 384. The van der Waals surface area contributed by atoms with E-state index in [1.807, 2.05) is 12.3 Å². The van der Waals surface area contributed by atoms with Gasteiger partial charge in [0, 0.05) is 18.3 Å². The minimum Gasteiger partial charge on any atom is -0.474 e. The van der Waals surface area contributed by atoms with Gasteiger partial charge in [0.1, 0.15) is 6.10 Å². The van der Waals surface area contributed by atoms with Gasteiger partial charge in [0.05, 0.1) is 0 Å². The summed E-state index contributed by atoms with van der Waals surface area (Å²) in [6.45, 7) is 6.31. The zero-order valence-corrected chi connectivity index (χ0v) is 12.9. The summed E-state index contributed by atoms with van der Waals surface area (Å²) < 4.78 is 6.17. The third kappa shape index (κ3) is 5.12. The molecule has 1 N–H and O–H groups in total. The molecule has 1 aromatic rings. The third-order valence-electron chi connectivity index (χ3n) is 3.80. The molecule has 1 heterocycles. The Balaban J connectivity index is 1.92. The summed E-state index contributed by atoms with van der Waals surface area (Å²) in [4.78, 5) is 4.44. The van der Waals surface area contributed by atoms with E-state index >= 15 is 0 Å². The van der Waals surface area contributed by atoms with Crippen LogP contribution >= 0.6 is 0 Å². The predicted octanol–water partition coefficient (Wildman–Crippen LogP) is 3.93. The molecule has 1 aromatic heterocycles. The minimum absolute atomic E-state index is 0.358. The SMILES string of the molecule is CC(C)CNCc1cccnc1OC1CCCCCC1. The maximum absolute atomic E-state index is 6.17. The van der Waals surface area contributed by atoms with Crippen molar-refractivity contribution >= 4 is 0 Å². The van der Waals surface area contributed by atoms with Crippen LogP contribution in [0.1, 0.15) is 57.9 Å². The molecule has 0 aromatic carbocycles. The first kappa shape index (κ1) is 15.3. The van der Waals surface area contributed by atoms with E-state index in [4.69, 9.17) is 4.74 Å². The molecule has 20 heavy (non-hydrogen) atoms. The van der Waals surface area contributed by atoms with Gasteiger partial charge >= 0.3 is 0 Å². The number of nitrogens with one attached hydrogen (secondary N) is 1. The van der Waals surface area contributed by atoms with Crippen LogP contribution in [0.2, 0.25) is 0 Å². The first-order valence-corrected chi connectivity index (χ1v) is 8.07. The number of ether oxygens (including phenoxy) is 1. The van der Waals surface area contributed by atoms with Gasteiger partial charge in [0.2, 0.25) is 5.88 Å². The number of hydrogen-bond donors (Lipinski definition) is 1. The van der Waals surface area contributed by atoms with E-state index in [1.54, 1.807) is 0 Å². The van der Waals surface area contributed by atoms with Gasteiger partial charge in [-0.25, -0.2) is 4.98 Å². The zero-order valence-electron chi connectivity index (χ0n) is 12.9. The number of aromatic nitrogens is 1. The van der Waals surface area contributed by atoms with Crippen LogP contribution in [-0.2, 0) is 6.54 Å². The van der Waals surface area contributed by atoms with Crippen molar-refractivity contribution < 1.29 is 4.74 Å². The van der Waals surface area contributed by atoms with Crippen molar-refractivity contribution in [3.8, 4) is 5.88 Å². The van der Waals surface area contributed by atoms with Crippen LogP contribution in [0.3, 0.4) is 0 Å². The van der Waals surface area contributed by atoms with Crippen molar-refractivity contribution in [2.45, 2.75) is 65.0 Å². The molecule has 0 bridgehead atoms. The third-order valence-corrected chi connectivity index (χ3v) is 3.80. The van der Waals surface area contributed by atoms with Crippen molar-refractivity contribution in [3.05, 3.63) is 23.9 Å². The molecular weight excluding hydrogens is 248 g/mol. The van der Waals surface area contributed by atoms with Gasteiger partial charge in [-0.1, -0.05) is 32.8 Å². The lowest BCUT2D eigenvalue weighted by Gasteiger charge is -2.18. The average Bonchev–Trinajstić information content (AvgIpc) is 2.69. The Morgan fingerprint density at radius 1 is 1.25 bits per heavy atom. The number of hydrogen-bond acceptors (Lipinski definition) is 3. The molecule has 0 radical (unpaired) electrons. The first-order chi connectivity index (χ1) is 9.75. The van der Waals surface area contributed by atoms with Crippen LogP contribution in [0.25, 0.3) is 0 Å². The highest BCUT2D eigenvalue weighted by atomic mass is 16.5. The molecule has 1 aliphatic carbocycles. The maximum Gasteiger partial charge on any atom is 0.218 e. The molecule has 112 valence electrons. The van der Waals surface area contributed by atoms with Gasteiger partial charge in [0.15, 0.2) is 0 Å². The van der Waals surface area contributed by atoms with Crippen molar-refractivity contribution in [2.75, 3.05) is 6.54 Å². The van der Waals surface area contributed by atoms with Crippen LogP contribution < -0.4 is 10.1 Å². The summed E-state index contributed by atoms with van der Waals surface area (Å²) in [7, 11) is 0. The first-order valence-electron chi connectivity index (χ1n) is 8.07. The van der Waals surface area contributed by atoms with Crippen LogP contribution in [0.5, 0.6) is 5.88 Å². The molecule has 0 aliphatic heterocycles. The topological polar surface area (TPSA) is 34.2 Å². The van der Waals surface area contributed by atoms with Gasteiger partial charge in [0.25, 0.3) is 0 Å². The Kier molecular flexibility index (Phi) is 6.31. The van der Waals surface area contributed by atoms with Crippen molar-refractivity contribution in [1.29, 1.82) is 0 Å². The van der Waals surface area contributed by atoms with E-state index in [0.29, 0.717) is 12.0 Å². The Hall–Kier alpha value is -1.09. The highest BCUT2D eigenvalue weighted by molar-refractivity contribution is 5.25. The predicted molar refractivity (Wildman–Crippen MR) is 82.9 cm³/mol. The average molecular weight is 276 g/mol. The molecule has 1 saturated carbocycles. The fraction of sp³-hybridized carbons (Fsp3) is 0.706. The number of rotatable bonds is 6. The van der Waals surface area contributed by atoms with E-state index in [1.165, 1.54) is 44.1 Å². The fourth-order valence-electron chi connectivity index (χ4n) is 2.68. The fourth-order valence-corrected chi connectivity index (χ4v) is 2.68. The second kappa shape index (κ2) is 8.25. The smallest absolute Gasteiger partial charge is 0.218 e. The van der Waals surface area contributed by atoms with Crippen molar-refractivity contribution in [1.82, 2.24) is 10.3 Å². The lowest BCUT2D eigenvalue weighted by atomic mass is 10.1. The Morgan fingerprint density at radius 3 is 2.70 bits per heavy atom. The molecule has 0 unspecified atom stereocenters. The summed E-state index contributed by atoms with van der Waals surface area (Å²) >= 11 is 0. The maximum atomic E-state index is 6.17. The molecule has 0 amide bonds. The monoisotopic (exact) mass is 276 g/mol. The van der Waals surface area contributed by atoms with E-state index in [0.717, 1.165) is 19.0 Å². The lowest BCUT2D eigenvalue weighted by molar-refractivity contribution is 0.174. The van der Waals surface area contributed by atoms with E-state index in [2.05, 4.69) is 30.2 Å². The Morgan fingerprint density at radius 2 is 2.00 bits per heavy atom. The molecule has 1 aliphatic rings. The van der Waals surface area contributed by atoms with E-state index in [-0.39, 0.29) is 0 Å². The second-order valence-corrected chi connectivity index (χ2v) is 6.22. The summed E-state index contributed by atoms with van der Waals surface area (Å²) in [5.74, 6) is 1.49. The molecular formula is C17H28N2O. The van der Waals surface area contributed by atoms with E-state index < -0.39 is 0 Å². The van der Waals surface area contributed by atoms with Crippen molar-refractivity contribution in [2.24, 2.45) is 5.92 Å². The van der Waals surface area contributed by atoms with Gasteiger partial charge in [-0.3, -0.25) is 0 Å². The molecule has 0 spiro atoms. The Labute approximate surface area is 123 Å². The highest BCUT2D eigenvalue weighted by Crippen LogP contribution is 2.23. The van der Waals surface area contributed by atoms with Gasteiger partial charge < -0.3 is 10.1 Å². The van der Waals surface area contributed by atoms with Crippen molar-refractivity contribution in [3.63, 3.8) is 0 Å². The summed E-state index contributed by atoms with van der Waals surface area (Å²) in [5, 5.41) is 3.47. The number of nitrogens with zero attached hydrogens (tertiary/aromatic N) is 1. The molecule has 0 saturated heterocycles. The molecule has 0 atom stereocenters. The molecule has 2 rings (SSSR count). The lowest BCUT2D eigenvalue weighted by Crippen LogP contribution is -2.21. The van der Waals surface area contributed by atoms with E-state index in [9.17, 15) is 0 Å². The van der Waals surface area contributed by atoms with Gasteiger partial charge in [-0.2, -0.15) is 0 Å². The summed E-state index contributed by atoms with van der Waals surface area (Å²) in [5.41, 5.74) is 1.18. The van der Waals surface area contributed by atoms with Gasteiger partial charge in [-0.15, -0.1) is 0 Å². The number of pyridine rings is 1. The quantitative estimate of drug-likeness (QED) is 0.799. The van der Waals surface area contributed by atoms with Crippen LogP contribution in [0, 0.1) is 5.92 Å². The standard InChI is InChI=1S/C17H28N2O/c1-14(2)12-18-13-15-8-7-11-19-17(15)20-16-9-5-3-4-6-10-16/h7-8,11,14,16,18H,3-6,9-10,12-13H2,1-2H3. The highest BCUT2D eigenvalue weighted by Gasteiger charge is 2.16. The van der Waals surface area contributed by atoms with Crippen LogP contribution in [0.15, 0.2) is 18.3 Å². The second-order valence-electron chi connectivity index (χ2n) is 6.22. The zero-order chi connectivity index (χ0) is 14.2. The normalized spacial score (nSPS) is 17.1. The van der Waals surface area contributed by atoms with Gasteiger partial charge in [-0.05, 0) is 44.2 Å². The molecule has 3 heteroatoms. The largest absolute Gasteiger partial charge is 0.474 e. The molecule has 1 fully saturated rings. The minimum atomic E-state index is 0.358. The van der Waals surface area contributed by atoms with Crippen LogP contribution in [0.4, 0.5) is 0 Å². The summed E-state index contributed by atoms with van der Waals surface area (Å²) in [6.07, 6.45) is 9.83. The summed E-state index contributed by atoms with van der Waals surface area (Å²) in [6, 6.07) is 4.11. The van der Waals surface area contributed by atoms with Crippen LogP contribution in [-0.4, -0.2) is 17.6 Å².